The maximum Gasteiger partial charge on any atom is 0.339 e. The molecule has 0 radical (unpaired) electrons. The normalized spacial score (nSPS) is 14.1. The van der Waals surface area contributed by atoms with Gasteiger partial charge in [0.25, 0.3) is 0 Å². The van der Waals surface area contributed by atoms with E-state index >= 15 is 0 Å². The first-order valence-electron chi connectivity index (χ1n) is 5.42. The van der Waals surface area contributed by atoms with E-state index in [2.05, 4.69) is 4.98 Å². The van der Waals surface area contributed by atoms with Gasteiger partial charge in [0, 0.05) is 5.39 Å². The molecule has 2 rings (SSSR count). The summed E-state index contributed by atoms with van der Waals surface area (Å²) in [4.78, 5) is 14.9. The summed E-state index contributed by atoms with van der Waals surface area (Å²) in [5.41, 5.74) is -1.08. The molecule has 5 heteroatoms. The van der Waals surface area contributed by atoms with Gasteiger partial charge in [0.1, 0.15) is 12.4 Å². The van der Waals surface area contributed by atoms with Crippen molar-refractivity contribution in [2.45, 2.75) is 12.5 Å². The average molecular weight is 247 g/mol. The summed E-state index contributed by atoms with van der Waals surface area (Å²) >= 11 is 0. The maximum atomic E-state index is 10.7. The molecule has 0 spiro atoms. The highest BCUT2D eigenvalue weighted by molar-refractivity contribution is 5.79. The first-order chi connectivity index (χ1) is 8.49. The molecule has 0 bridgehead atoms. The Labute approximate surface area is 104 Å². The molecule has 18 heavy (non-hydrogen) atoms. The van der Waals surface area contributed by atoms with Gasteiger partial charge in [-0.15, -0.1) is 0 Å². The van der Waals surface area contributed by atoms with Crippen molar-refractivity contribution in [1.29, 1.82) is 0 Å². The lowest BCUT2D eigenvalue weighted by molar-refractivity contribution is -0.159. The number of nitrogens with zero attached hydrogens (tertiary/aromatic N) is 1. The van der Waals surface area contributed by atoms with Crippen molar-refractivity contribution < 1.29 is 19.7 Å². The molecular formula is C13H13NO4. The molecule has 5 nitrogen and oxygen atoms in total. The van der Waals surface area contributed by atoms with Crippen LogP contribution in [0, 0.1) is 0 Å². The fourth-order valence-electron chi connectivity index (χ4n) is 1.42. The van der Waals surface area contributed by atoms with Crippen molar-refractivity contribution in [1.82, 2.24) is 4.98 Å². The molecule has 1 atom stereocenters. The summed E-state index contributed by atoms with van der Waals surface area (Å²) in [6.45, 7) is 0.853. The van der Waals surface area contributed by atoms with Crippen LogP contribution in [0.4, 0.5) is 0 Å². The zero-order valence-electron chi connectivity index (χ0n) is 9.83. The van der Waals surface area contributed by atoms with E-state index in [1.54, 1.807) is 6.07 Å². The van der Waals surface area contributed by atoms with Crippen LogP contribution in [0.5, 0.6) is 5.75 Å². The first kappa shape index (κ1) is 12.3. The largest absolute Gasteiger partial charge is 0.488 e. The molecule has 0 aliphatic carbocycles. The molecule has 1 aromatic carbocycles. The molecule has 1 heterocycles. The van der Waals surface area contributed by atoms with Crippen molar-refractivity contribution in [2.75, 3.05) is 6.61 Å². The molecule has 0 saturated heterocycles. The molecule has 2 aromatic rings. The fraction of sp³-hybridized carbons (Fsp3) is 0.231. The Morgan fingerprint density at radius 2 is 2.17 bits per heavy atom. The molecule has 1 aromatic heterocycles. The van der Waals surface area contributed by atoms with Crippen LogP contribution in [-0.4, -0.2) is 33.4 Å². The minimum Gasteiger partial charge on any atom is -0.488 e. The second-order valence-corrected chi connectivity index (χ2v) is 4.23. The third-order valence-electron chi connectivity index (χ3n) is 2.55. The van der Waals surface area contributed by atoms with Gasteiger partial charge in [-0.2, -0.15) is 0 Å². The quantitative estimate of drug-likeness (QED) is 0.854. The van der Waals surface area contributed by atoms with Crippen LogP contribution in [0.3, 0.4) is 0 Å². The molecule has 1 unspecified atom stereocenters. The number of carboxylic acid groups (broad SMARTS) is 1. The van der Waals surface area contributed by atoms with E-state index in [0.717, 1.165) is 10.9 Å². The number of pyridine rings is 1. The zero-order valence-corrected chi connectivity index (χ0v) is 9.83. The van der Waals surface area contributed by atoms with E-state index in [0.29, 0.717) is 5.75 Å². The zero-order chi connectivity index (χ0) is 13.2. The van der Waals surface area contributed by atoms with Crippen molar-refractivity contribution in [3.05, 3.63) is 36.5 Å². The summed E-state index contributed by atoms with van der Waals surface area (Å²) in [5, 5.41) is 19.2. The van der Waals surface area contributed by atoms with Gasteiger partial charge in [-0.1, -0.05) is 18.2 Å². The summed E-state index contributed by atoms with van der Waals surface area (Å²) in [6, 6.07) is 9.25. The maximum absolute atomic E-state index is 10.7. The van der Waals surface area contributed by atoms with Gasteiger partial charge in [-0.25, -0.2) is 4.79 Å². The van der Waals surface area contributed by atoms with Crippen LogP contribution < -0.4 is 4.74 Å². The van der Waals surface area contributed by atoms with E-state index in [1.807, 2.05) is 24.3 Å². The molecule has 0 amide bonds. The highest BCUT2D eigenvalue weighted by Crippen LogP contribution is 2.19. The van der Waals surface area contributed by atoms with Crippen molar-refractivity contribution in [2.24, 2.45) is 0 Å². The highest BCUT2D eigenvalue weighted by atomic mass is 16.5. The number of ether oxygens (including phenoxy) is 1. The molecule has 94 valence electrons. The Bertz CT molecular complexity index is 580. The van der Waals surface area contributed by atoms with Crippen molar-refractivity contribution in [3.8, 4) is 5.75 Å². The van der Waals surface area contributed by atoms with E-state index in [-0.39, 0.29) is 6.61 Å². The summed E-state index contributed by atoms with van der Waals surface area (Å²) in [6.07, 6.45) is 1.50. The van der Waals surface area contributed by atoms with Gasteiger partial charge in [0.05, 0.1) is 11.7 Å². The van der Waals surface area contributed by atoms with E-state index < -0.39 is 11.6 Å². The summed E-state index contributed by atoms with van der Waals surface area (Å²) < 4.78 is 5.25. The Hall–Kier alpha value is -2.14. The number of aliphatic hydroxyl groups is 1. The molecule has 0 aliphatic rings. The van der Waals surface area contributed by atoms with E-state index in [1.165, 1.54) is 13.1 Å². The third-order valence-corrected chi connectivity index (χ3v) is 2.55. The van der Waals surface area contributed by atoms with Gasteiger partial charge in [0.2, 0.25) is 0 Å². The smallest absolute Gasteiger partial charge is 0.339 e. The van der Waals surface area contributed by atoms with Crippen LogP contribution in [-0.2, 0) is 4.79 Å². The first-order valence-corrected chi connectivity index (χ1v) is 5.42. The predicted octanol–water partition coefficient (Wildman–Crippen LogP) is 1.45. The summed E-state index contributed by atoms with van der Waals surface area (Å²) in [7, 11) is 0. The molecule has 0 aliphatic heterocycles. The minimum atomic E-state index is -1.91. The number of benzene rings is 1. The highest BCUT2D eigenvalue weighted by Gasteiger charge is 2.30. The van der Waals surface area contributed by atoms with Gasteiger partial charge < -0.3 is 14.9 Å². The van der Waals surface area contributed by atoms with Crippen LogP contribution in [0.1, 0.15) is 6.92 Å². The lowest BCUT2D eigenvalue weighted by Gasteiger charge is -2.18. The average Bonchev–Trinajstić information content (AvgIpc) is 2.36. The Morgan fingerprint density at radius 3 is 2.89 bits per heavy atom. The SMILES string of the molecule is CC(O)(COc1cnc2ccccc2c1)C(=O)O. The number of hydrogen-bond acceptors (Lipinski definition) is 4. The second-order valence-electron chi connectivity index (χ2n) is 4.23. The van der Waals surface area contributed by atoms with Gasteiger partial charge in [-0.3, -0.25) is 4.98 Å². The monoisotopic (exact) mass is 247 g/mol. The van der Waals surface area contributed by atoms with Crippen LogP contribution in [0.25, 0.3) is 10.9 Å². The fourth-order valence-corrected chi connectivity index (χ4v) is 1.42. The molecule has 2 N–H and O–H groups in total. The lowest BCUT2D eigenvalue weighted by atomic mass is 10.1. The minimum absolute atomic E-state index is 0.331. The lowest BCUT2D eigenvalue weighted by Crippen LogP contribution is -2.41. The Balaban J connectivity index is 2.15. The standard InChI is InChI=1S/C13H13NO4/c1-13(17,12(15)16)8-18-10-6-9-4-2-3-5-11(9)14-7-10/h2-7,17H,8H2,1H3,(H,15,16). The number of aliphatic carboxylic acids is 1. The third kappa shape index (κ3) is 2.57. The Morgan fingerprint density at radius 1 is 1.44 bits per heavy atom. The number of aromatic nitrogens is 1. The van der Waals surface area contributed by atoms with E-state index in [9.17, 15) is 9.90 Å². The second kappa shape index (κ2) is 4.62. The number of carboxylic acids is 1. The van der Waals surface area contributed by atoms with Crippen LogP contribution in [0.2, 0.25) is 0 Å². The summed E-state index contributed by atoms with van der Waals surface area (Å²) in [5.74, 6) is -0.897. The molecular weight excluding hydrogens is 234 g/mol. The van der Waals surface area contributed by atoms with Crippen LogP contribution in [0.15, 0.2) is 36.5 Å². The number of rotatable bonds is 4. The number of fused-ring (bicyclic) bond motifs is 1. The van der Waals surface area contributed by atoms with Gasteiger partial charge in [-0.05, 0) is 19.1 Å². The topological polar surface area (TPSA) is 79.7 Å². The number of hydrogen-bond donors (Lipinski definition) is 2. The van der Waals surface area contributed by atoms with Crippen molar-refractivity contribution in [3.63, 3.8) is 0 Å². The van der Waals surface area contributed by atoms with Gasteiger partial charge >= 0.3 is 5.97 Å². The Kier molecular flexibility index (Phi) is 3.16. The number of para-hydroxylation sites is 1. The van der Waals surface area contributed by atoms with E-state index in [4.69, 9.17) is 9.84 Å². The van der Waals surface area contributed by atoms with Gasteiger partial charge in [0.15, 0.2) is 5.60 Å². The predicted molar refractivity (Wildman–Crippen MR) is 65.5 cm³/mol. The van der Waals surface area contributed by atoms with Crippen molar-refractivity contribution >= 4 is 16.9 Å². The molecule has 0 saturated carbocycles. The number of carbonyl (C=O) groups is 1. The van der Waals surface area contributed by atoms with Crippen LogP contribution >= 0.6 is 0 Å². The molecule has 0 fully saturated rings.